The minimum atomic E-state index is -0.161. The molecule has 0 saturated heterocycles. The van der Waals surface area contributed by atoms with E-state index in [-0.39, 0.29) is 5.91 Å². The van der Waals surface area contributed by atoms with Crippen molar-refractivity contribution in [3.63, 3.8) is 0 Å². The lowest BCUT2D eigenvalue weighted by atomic mass is 10.1. The lowest BCUT2D eigenvalue weighted by molar-refractivity contribution is 0.0952. The summed E-state index contributed by atoms with van der Waals surface area (Å²) in [6.07, 6.45) is 2.21. The number of methoxy groups -OCH3 is 1. The molecule has 3 aromatic rings. The minimum Gasteiger partial charge on any atom is -0.496 e. The molecule has 0 bridgehead atoms. The van der Waals surface area contributed by atoms with E-state index in [1.807, 2.05) is 37.3 Å². The first-order valence-corrected chi connectivity index (χ1v) is 8.34. The average Bonchev–Trinajstić information content (AvgIpc) is 3.43. The van der Waals surface area contributed by atoms with Crippen molar-refractivity contribution in [1.82, 2.24) is 15.5 Å². The van der Waals surface area contributed by atoms with Gasteiger partial charge in [-0.25, -0.2) is 4.98 Å². The summed E-state index contributed by atoms with van der Waals surface area (Å²) in [4.78, 5) is 17.3. The Morgan fingerprint density at radius 3 is 2.92 bits per heavy atom. The molecule has 0 aliphatic heterocycles. The Kier molecular flexibility index (Phi) is 3.87. The van der Waals surface area contributed by atoms with Gasteiger partial charge >= 0.3 is 0 Å². The maximum Gasteiger partial charge on any atom is 0.259 e. The van der Waals surface area contributed by atoms with Gasteiger partial charge in [-0.2, -0.15) is 0 Å². The lowest BCUT2D eigenvalue weighted by Gasteiger charge is -2.10. The molecule has 1 fully saturated rings. The molecular formula is C19H19N3O3. The maximum atomic E-state index is 12.8. The van der Waals surface area contributed by atoms with Crippen molar-refractivity contribution >= 4 is 17.0 Å². The molecule has 6 nitrogen and oxygen atoms in total. The van der Waals surface area contributed by atoms with Gasteiger partial charge in [-0.05, 0) is 31.9 Å². The number of nitrogens with zero attached hydrogens (tertiary/aromatic N) is 2. The Bertz CT molecular complexity index is 944. The van der Waals surface area contributed by atoms with Crippen LogP contribution in [0.2, 0.25) is 0 Å². The van der Waals surface area contributed by atoms with Gasteiger partial charge in [0.25, 0.3) is 11.6 Å². The first kappa shape index (κ1) is 15.6. The number of benzene rings is 1. The number of pyridine rings is 1. The Labute approximate surface area is 145 Å². The molecule has 1 N–H and O–H groups in total. The van der Waals surface area contributed by atoms with Crippen LogP contribution in [0.15, 0.2) is 34.9 Å². The van der Waals surface area contributed by atoms with E-state index in [0.29, 0.717) is 34.8 Å². The fourth-order valence-corrected chi connectivity index (χ4v) is 3.00. The third kappa shape index (κ3) is 2.95. The second-order valence-electron chi connectivity index (χ2n) is 6.31. The van der Waals surface area contributed by atoms with Crippen molar-refractivity contribution in [2.24, 2.45) is 0 Å². The number of amides is 1. The summed E-state index contributed by atoms with van der Waals surface area (Å²) in [5.41, 5.74) is 3.51. The van der Waals surface area contributed by atoms with Crippen LogP contribution in [0.3, 0.4) is 0 Å². The molecule has 4 rings (SSSR count). The molecule has 0 atom stereocenters. The fraction of sp³-hybridized carbons (Fsp3) is 0.316. The number of carbonyl (C=O) groups excluding carboxylic acids is 1. The van der Waals surface area contributed by atoms with E-state index in [9.17, 15) is 4.79 Å². The molecule has 1 aliphatic rings. The topological polar surface area (TPSA) is 77.2 Å². The van der Waals surface area contributed by atoms with Gasteiger partial charge in [0.15, 0.2) is 0 Å². The fourth-order valence-electron chi connectivity index (χ4n) is 3.00. The molecule has 25 heavy (non-hydrogen) atoms. The zero-order valence-electron chi connectivity index (χ0n) is 14.2. The van der Waals surface area contributed by atoms with Crippen molar-refractivity contribution in [3.8, 4) is 5.75 Å². The van der Waals surface area contributed by atoms with E-state index in [0.717, 1.165) is 29.8 Å². The van der Waals surface area contributed by atoms with Crippen molar-refractivity contribution in [2.75, 3.05) is 7.11 Å². The number of para-hydroxylation sites is 1. The molecule has 1 amide bonds. The first-order valence-electron chi connectivity index (χ1n) is 8.34. The number of aryl methyl sites for hydroxylation is 1. The van der Waals surface area contributed by atoms with Gasteiger partial charge in [-0.1, -0.05) is 23.4 Å². The lowest BCUT2D eigenvalue weighted by Crippen LogP contribution is -2.23. The zero-order valence-corrected chi connectivity index (χ0v) is 14.2. The molecular weight excluding hydrogens is 318 g/mol. The van der Waals surface area contributed by atoms with Crippen LogP contribution < -0.4 is 10.1 Å². The van der Waals surface area contributed by atoms with Gasteiger partial charge in [0.05, 0.1) is 23.8 Å². The summed E-state index contributed by atoms with van der Waals surface area (Å²) in [6.45, 7) is 2.21. The van der Waals surface area contributed by atoms with Crippen LogP contribution >= 0.6 is 0 Å². The van der Waals surface area contributed by atoms with Crippen LogP contribution in [-0.2, 0) is 6.54 Å². The summed E-state index contributed by atoms with van der Waals surface area (Å²) in [5, 5.41) is 7.62. The van der Waals surface area contributed by atoms with Gasteiger partial charge in [0.1, 0.15) is 5.75 Å². The smallest absolute Gasteiger partial charge is 0.259 e. The molecule has 0 unspecified atom stereocenters. The molecule has 0 spiro atoms. The number of ether oxygens (including phenoxy) is 1. The van der Waals surface area contributed by atoms with Gasteiger partial charge in [0.2, 0.25) is 0 Å². The second-order valence-corrected chi connectivity index (χ2v) is 6.31. The maximum absolute atomic E-state index is 12.8. The Hall–Kier alpha value is -2.89. The van der Waals surface area contributed by atoms with Crippen molar-refractivity contribution in [2.45, 2.75) is 32.2 Å². The van der Waals surface area contributed by atoms with Gasteiger partial charge in [-0.3, -0.25) is 4.79 Å². The molecule has 2 aromatic heterocycles. The molecule has 1 aliphatic carbocycles. The quantitative estimate of drug-likeness (QED) is 0.772. The third-order valence-corrected chi connectivity index (χ3v) is 4.51. The highest BCUT2D eigenvalue weighted by atomic mass is 16.5. The predicted molar refractivity (Wildman–Crippen MR) is 92.7 cm³/mol. The standard InChI is InChI=1S/C19H19N3O3/c1-11-17-14(9-15(12-7-8-12)21-19(17)25-22-11)18(23)20-10-13-5-3-4-6-16(13)24-2/h3-6,9,12H,7-8,10H2,1-2H3,(H,20,23). The number of aromatic nitrogens is 2. The molecule has 128 valence electrons. The van der Waals surface area contributed by atoms with Gasteiger partial charge in [-0.15, -0.1) is 0 Å². The van der Waals surface area contributed by atoms with Crippen LogP contribution in [-0.4, -0.2) is 23.2 Å². The Balaban J connectivity index is 1.64. The minimum absolute atomic E-state index is 0.161. The third-order valence-electron chi connectivity index (χ3n) is 4.51. The van der Waals surface area contributed by atoms with Crippen molar-refractivity contribution in [3.05, 3.63) is 52.8 Å². The van der Waals surface area contributed by atoms with Crippen molar-refractivity contribution in [1.29, 1.82) is 0 Å². The first-order chi connectivity index (χ1) is 12.2. The van der Waals surface area contributed by atoms with Crippen LogP contribution in [0.4, 0.5) is 0 Å². The molecule has 1 saturated carbocycles. The highest BCUT2D eigenvalue weighted by Crippen LogP contribution is 2.40. The van der Waals surface area contributed by atoms with Crippen LogP contribution in [0, 0.1) is 6.92 Å². The normalized spacial score (nSPS) is 13.8. The van der Waals surface area contributed by atoms with E-state index < -0.39 is 0 Å². The summed E-state index contributed by atoms with van der Waals surface area (Å²) >= 11 is 0. The van der Waals surface area contributed by atoms with E-state index in [2.05, 4.69) is 15.5 Å². The molecule has 2 heterocycles. The van der Waals surface area contributed by atoms with E-state index in [1.165, 1.54) is 0 Å². The Morgan fingerprint density at radius 2 is 2.16 bits per heavy atom. The summed E-state index contributed by atoms with van der Waals surface area (Å²) in [7, 11) is 1.62. The number of fused-ring (bicyclic) bond motifs is 1. The number of hydrogen-bond acceptors (Lipinski definition) is 5. The van der Waals surface area contributed by atoms with E-state index >= 15 is 0 Å². The summed E-state index contributed by atoms with van der Waals surface area (Å²) in [6, 6.07) is 9.51. The molecule has 0 radical (unpaired) electrons. The highest BCUT2D eigenvalue weighted by Gasteiger charge is 2.28. The number of hydrogen-bond donors (Lipinski definition) is 1. The SMILES string of the molecule is COc1ccccc1CNC(=O)c1cc(C2CC2)nc2onc(C)c12. The van der Waals surface area contributed by atoms with Crippen molar-refractivity contribution < 1.29 is 14.1 Å². The van der Waals surface area contributed by atoms with E-state index in [1.54, 1.807) is 7.11 Å². The largest absolute Gasteiger partial charge is 0.496 e. The molecule has 1 aromatic carbocycles. The predicted octanol–water partition coefficient (Wildman–Crippen LogP) is 3.35. The van der Waals surface area contributed by atoms with Gasteiger partial charge < -0.3 is 14.6 Å². The van der Waals surface area contributed by atoms with Crippen LogP contribution in [0.1, 0.15) is 46.1 Å². The Morgan fingerprint density at radius 1 is 1.36 bits per heavy atom. The molecule has 6 heteroatoms. The number of nitrogens with one attached hydrogen (secondary N) is 1. The zero-order chi connectivity index (χ0) is 17.4. The van der Waals surface area contributed by atoms with Crippen LogP contribution in [0.5, 0.6) is 5.75 Å². The highest BCUT2D eigenvalue weighted by molar-refractivity contribution is 6.06. The average molecular weight is 337 g/mol. The van der Waals surface area contributed by atoms with Gasteiger partial charge in [0, 0.05) is 23.7 Å². The monoisotopic (exact) mass is 337 g/mol. The van der Waals surface area contributed by atoms with E-state index in [4.69, 9.17) is 9.26 Å². The number of carbonyl (C=O) groups is 1. The number of rotatable bonds is 5. The van der Waals surface area contributed by atoms with Crippen LogP contribution in [0.25, 0.3) is 11.1 Å². The second kappa shape index (κ2) is 6.20. The summed E-state index contributed by atoms with van der Waals surface area (Å²) < 4.78 is 10.6. The summed E-state index contributed by atoms with van der Waals surface area (Å²) in [5.74, 6) is 1.02.